The van der Waals surface area contributed by atoms with Gasteiger partial charge in [0.05, 0.1) is 16.4 Å². The van der Waals surface area contributed by atoms with Crippen LogP contribution in [-0.4, -0.2) is 14.5 Å². The second kappa shape index (κ2) is 8.45. The lowest BCUT2D eigenvalue weighted by atomic mass is 9.93. The lowest BCUT2D eigenvalue weighted by molar-refractivity contribution is 0.543. The van der Waals surface area contributed by atoms with Crippen molar-refractivity contribution in [3.63, 3.8) is 0 Å². The van der Waals surface area contributed by atoms with Crippen molar-refractivity contribution >= 4 is 39.1 Å². The molecule has 4 aromatic rings. The van der Waals surface area contributed by atoms with E-state index in [1.807, 2.05) is 36.4 Å². The van der Waals surface area contributed by atoms with E-state index in [2.05, 4.69) is 48.2 Å². The number of nitrogens with zero attached hydrogens (tertiary/aromatic N) is 3. The van der Waals surface area contributed by atoms with Crippen molar-refractivity contribution in [2.75, 3.05) is 0 Å². The van der Waals surface area contributed by atoms with Crippen LogP contribution in [0.15, 0.2) is 57.6 Å². The molecule has 2 heterocycles. The highest BCUT2D eigenvalue weighted by Gasteiger charge is 2.26. The summed E-state index contributed by atoms with van der Waals surface area (Å²) in [5.41, 5.74) is 4.23. The first-order valence-electron chi connectivity index (χ1n) is 9.98. The van der Waals surface area contributed by atoms with Gasteiger partial charge in [0.2, 0.25) is 5.89 Å². The summed E-state index contributed by atoms with van der Waals surface area (Å²) in [5, 5.41) is 1.11. The fourth-order valence-corrected chi connectivity index (χ4v) is 4.16. The Morgan fingerprint density at radius 1 is 1.03 bits per heavy atom. The van der Waals surface area contributed by atoms with Crippen molar-refractivity contribution in [2.24, 2.45) is 0 Å². The van der Waals surface area contributed by atoms with Crippen LogP contribution in [0.5, 0.6) is 0 Å². The Morgan fingerprint density at radius 2 is 1.74 bits per heavy atom. The molecular formula is C24H22BrCl2N3O. The van der Waals surface area contributed by atoms with Crippen LogP contribution in [0.2, 0.25) is 10.0 Å². The quantitative estimate of drug-likeness (QED) is 0.274. The maximum atomic E-state index is 6.58. The van der Waals surface area contributed by atoms with E-state index >= 15 is 0 Å². The number of benzene rings is 2. The van der Waals surface area contributed by atoms with E-state index in [1.54, 1.807) is 12.3 Å². The van der Waals surface area contributed by atoms with Crippen LogP contribution in [0.1, 0.15) is 39.1 Å². The largest absolute Gasteiger partial charge is 0.443 e. The van der Waals surface area contributed by atoms with Crippen LogP contribution in [-0.2, 0) is 11.8 Å². The Hall–Kier alpha value is -2.08. The standard InChI is InChI=1S/C24H22BrCl2N3O/c1-5-19-21(23-28-20(13-31-23)24(2,3)4)29-22(17-11-8-15(26)12-18(17)27)30(19)16-9-6-14(25)7-10-16/h6-13H,5H2,1-4H3. The highest BCUT2D eigenvalue weighted by Crippen LogP contribution is 2.37. The van der Waals surface area contributed by atoms with Crippen molar-refractivity contribution in [3.8, 4) is 28.7 Å². The molecule has 0 saturated carbocycles. The monoisotopic (exact) mass is 517 g/mol. The summed E-state index contributed by atoms with van der Waals surface area (Å²) in [7, 11) is 0. The molecular weight excluding hydrogens is 497 g/mol. The molecule has 2 aromatic heterocycles. The summed E-state index contributed by atoms with van der Waals surface area (Å²) in [6.45, 7) is 8.41. The van der Waals surface area contributed by atoms with Gasteiger partial charge in [-0.2, -0.15) is 0 Å². The number of rotatable bonds is 4. The van der Waals surface area contributed by atoms with Crippen molar-refractivity contribution in [1.29, 1.82) is 0 Å². The first kappa shape index (κ1) is 22.1. The minimum atomic E-state index is -0.120. The topological polar surface area (TPSA) is 43.9 Å². The lowest BCUT2D eigenvalue weighted by Crippen LogP contribution is -2.11. The van der Waals surface area contributed by atoms with Crippen molar-refractivity contribution in [3.05, 3.63) is 74.6 Å². The van der Waals surface area contributed by atoms with Crippen LogP contribution in [0.4, 0.5) is 0 Å². The molecule has 7 heteroatoms. The van der Waals surface area contributed by atoms with Crippen LogP contribution in [0.25, 0.3) is 28.7 Å². The fourth-order valence-electron chi connectivity index (χ4n) is 3.40. The number of hydrogen-bond acceptors (Lipinski definition) is 3. The van der Waals surface area contributed by atoms with Gasteiger partial charge in [0, 0.05) is 26.2 Å². The van der Waals surface area contributed by atoms with Crippen molar-refractivity contribution < 1.29 is 4.42 Å². The molecule has 160 valence electrons. The smallest absolute Gasteiger partial charge is 0.247 e. The molecule has 0 amide bonds. The summed E-state index contributed by atoms with van der Waals surface area (Å²) in [5.74, 6) is 1.22. The zero-order valence-corrected chi connectivity index (χ0v) is 20.8. The molecule has 0 unspecified atom stereocenters. The molecule has 0 spiro atoms. The number of imidazole rings is 1. The van der Waals surface area contributed by atoms with Gasteiger partial charge in [0.1, 0.15) is 17.8 Å². The van der Waals surface area contributed by atoms with E-state index in [0.717, 1.165) is 33.5 Å². The van der Waals surface area contributed by atoms with Crippen LogP contribution in [0, 0.1) is 0 Å². The maximum absolute atomic E-state index is 6.58. The van der Waals surface area contributed by atoms with Gasteiger partial charge >= 0.3 is 0 Å². The van der Waals surface area contributed by atoms with E-state index < -0.39 is 0 Å². The van der Waals surface area contributed by atoms with Gasteiger partial charge in [0.15, 0.2) is 0 Å². The molecule has 0 aliphatic heterocycles. The van der Waals surface area contributed by atoms with Gasteiger partial charge in [-0.05, 0) is 48.9 Å². The first-order valence-corrected chi connectivity index (χ1v) is 11.5. The SMILES string of the molecule is CCc1c(-c2nc(C(C)(C)C)co2)nc(-c2ccc(Cl)cc2Cl)n1-c1ccc(Br)cc1. The van der Waals surface area contributed by atoms with Crippen molar-refractivity contribution in [1.82, 2.24) is 14.5 Å². The molecule has 0 fully saturated rings. The molecule has 0 atom stereocenters. The predicted molar refractivity (Wildman–Crippen MR) is 130 cm³/mol. The average molecular weight is 519 g/mol. The number of halogens is 3. The van der Waals surface area contributed by atoms with Crippen LogP contribution in [0.3, 0.4) is 0 Å². The molecule has 4 rings (SSSR count). The van der Waals surface area contributed by atoms with Gasteiger partial charge in [-0.15, -0.1) is 0 Å². The molecule has 0 radical (unpaired) electrons. The number of hydrogen-bond donors (Lipinski definition) is 0. The normalized spacial score (nSPS) is 11.8. The maximum Gasteiger partial charge on any atom is 0.247 e. The molecule has 2 aromatic carbocycles. The zero-order chi connectivity index (χ0) is 22.3. The minimum Gasteiger partial charge on any atom is -0.443 e. The summed E-state index contributed by atoms with van der Waals surface area (Å²) in [4.78, 5) is 9.72. The summed E-state index contributed by atoms with van der Waals surface area (Å²) in [6, 6.07) is 13.5. The Balaban J connectivity index is 1.99. The zero-order valence-electron chi connectivity index (χ0n) is 17.7. The summed E-state index contributed by atoms with van der Waals surface area (Å²) < 4.78 is 8.99. The van der Waals surface area contributed by atoms with Gasteiger partial charge in [-0.1, -0.05) is 66.8 Å². The Bertz CT molecular complexity index is 1240. The first-order chi connectivity index (χ1) is 14.7. The number of aromatic nitrogens is 3. The predicted octanol–water partition coefficient (Wildman–Crippen LogP) is 8.12. The molecule has 0 saturated heterocycles. The second-order valence-electron chi connectivity index (χ2n) is 8.31. The second-order valence-corrected chi connectivity index (χ2v) is 10.1. The van der Waals surface area contributed by atoms with Crippen LogP contribution < -0.4 is 0 Å². The van der Waals surface area contributed by atoms with Crippen LogP contribution >= 0.6 is 39.1 Å². The summed E-state index contributed by atoms with van der Waals surface area (Å²) >= 11 is 16.2. The van der Waals surface area contributed by atoms with Gasteiger partial charge in [-0.3, -0.25) is 4.57 Å². The number of oxazole rings is 1. The van der Waals surface area contributed by atoms with E-state index in [0.29, 0.717) is 27.5 Å². The molecule has 31 heavy (non-hydrogen) atoms. The molecule has 0 bridgehead atoms. The minimum absolute atomic E-state index is 0.120. The Labute approximate surface area is 200 Å². The third kappa shape index (κ3) is 4.32. The van der Waals surface area contributed by atoms with Crippen molar-refractivity contribution in [2.45, 2.75) is 39.5 Å². The van der Waals surface area contributed by atoms with E-state index in [1.165, 1.54) is 0 Å². The molecule has 0 N–H and O–H groups in total. The summed E-state index contributed by atoms with van der Waals surface area (Å²) in [6.07, 6.45) is 2.44. The lowest BCUT2D eigenvalue weighted by Gasteiger charge is -2.13. The highest BCUT2D eigenvalue weighted by atomic mass is 79.9. The molecule has 0 aliphatic carbocycles. The van der Waals surface area contributed by atoms with Gasteiger partial charge < -0.3 is 4.42 Å². The van der Waals surface area contributed by atoms with Gasteiger partial charge in [0.25, 0.3) is 0 Å². The third-order valence-corrected chi connectivity index (χ3v) is 6.12. The Morgan fingerprint density at radius 3 is 2.32 bits per heavy atom. The van der Waals surface area contributed by atoms with E-state index in [-0.39, 0.29) is 5.41 Å². The molecule has 0 aliphatic rings. The van der Waals surface area contributed by atoms with Gasteiger partial charge in [-0.25, -0.2) is 9.97 Å². The Kier molecular flexibility index (Phi) is 6.03. The fraction of sp³-hybridized carbons (Fsp3) is 0.250. The average Bonchev–Trinajstić information content (AvgIpc) is 3.33. The molecule has 4 nitrogen and oxygen atoms in total. The highest BCUT2D eigenvalue weighted by molar-refractivity contribution is 9.10. The van der Waals surface area contributed by atoms with E-state index in [4.69, 9.17) is 37.6 Å². The van der Waals surface area contributed by atoms with E-state index in [9.17, 15) is 0 Å². The third-order valence-electron chi connectivity index (χ3n) is 5.04.